The molecule has 0 saturated carbocycles. The van der Waals surface area contributed by atoms with Gasteiger partial charge in [0.1, 0.15) is 6.54 Å². The Morgan fingerprint density at radius 2 is 1.86 bits per heavy atom. The average molecular weight is 394 g/mol. The van der Waals surface area contributed by atoms with Crippen molar-refractivity contribution < 1.29 is 4.79 Å². The van der Waals surface area contributed by atoms with Crippen molar-refractivity contribution in [1.29, 1.82) is 0 Å². The van der Waals surface area contributed by atoms with Crippen molar-refractivity contribution >= 4 is 11.4 Å². The molecule has 3 heterocycles. The maximum Gasteiger partial charge on any atom is 0.349 e. The molecule has 1 N–H and O–H groups in total. The van der Waals surface area contributed by atoms with Crippen LogP contribution in [0, 0.1) is 0 Å². The van der Waals surface area contributed by atoms with Crippen molar-refractivity contribution in [3.8, 4) is 0 Å². The second-order valence-electron chi connectivity index (χ2n) is 7.52. The minimum absolute atomic E-state index is 0.112. The molecular weight excluding hydrogens is 368 g/mol. The van der Waals surface area contributed by atoms with E-state index in [-0.39, 0.29) is 24.2 Å². The molecular formula is C21H26N6O2. The zero-order valence-corrected chi connectivity index (χ0v) is 16.6. The molecule has 0 bridgehead atoms. The first kappa shape index (κ1) is 19.4. The summed E-state index contributed by atoms with van der Waals surface area (Å²) in [7, 11) is 2.13. The molecule has 1 aromatic carbocycles. The van der Waals surface area contributed by atoms with E-state index in [2.05, 4.69) is 27.3 Å². The van der Waals surface area contributed by atoms with Crippen LogP contribution in [0.25, 0.3) is 5.52 Å². The maximum absolute atomic E-state index is 12.8. The standard InChI is InChI=1S/C21H26N6O2/c1-24-10-12-25(13-11-24)15-19(17-6-3-2-4-7-17)23-20(28)16-27-21(29)26-9-5-8-18(26)14-22-27/h2-9,14,19H,10-13,15-16H2,1H3,(H,23,28). The highest BCUT2D eigenvalue weighted by Gasteiger charge is 2.21. The van der Waals surface area contributed by atoms with Gasteiger partial charge in [0.2, 0.25) is 5.91 Å². The van der Waals surface area contributed by atoms with E-state index < -0.39 is 0 Å². The van der Waals surface area contributed by atoms with Gasteiger partial charge >= 0.3 is 5.69 Å². The van der Waals surface area contributed by atoms with Gasteiger partial charge in [-0.3, -0.25) is 14.1 Å². The van der Waals surface area contributed by atoms with Gasteiger partial charge in [-0.1, -0.05) is 30.3 Å². The SMILES string of the molecule is CN1CCN(CC(NC(=O)Cn2ncc3cccn3c2=O)c2ccccc2)CC1. The molecule has 1 aliphatic heterocycles. The van der Waals surface area contributed by atoms with Gasteiger partial charge in [0.05, 0.1) is 17.8 Å². The minimum Gasteiger partial charge on any atom is -0.346 e. The molecule has 8 nitrogen and oxygen atoms in total. The van der Waals surface area contributed by atoms with Crippen LogP contribution in [0.1, 0.15) is 11.6 Å². The average Bonchev–Trinajstić information content (AvgIpc) is 3.22. The number of amides is 1. The number of nitrogens with one attached hydrogen (secondary N) is 1. The lowest BCUT2D eigenvalue weighted by Gasteiger charge is -2.35. The highest BCUT2D eigenvalue weighted by atomic mass is 16.2. The Bertz CT molecular complexity index is 1020. The van der Waals surface area contributed by atoms with Crippen molar-refractivity contribution in [2.45, 2.75) is 12.6 Å². The number of hydrogen-bond donors (Lipinski definition) is 1. The van der Waals surface area contributed by atoms with E-state index in [1.807, 2.05) is 30.3 Å². The maximum atomic E-state index is 12.8. The Morgan fingerprint density at radius 3 is 2.62 bits per heavy atom. The van der Waals surface area contributed by atoms with E-state index in [4.69, 9.17) is 0 Å². The van der Waals surface area contributed by atoms with Crippen LogP contribution >= 0.6 is 0 Å². The monoisotopic (exact) mass is 394 g/mol. The summed E-state index contributed by atoms with van der Waals surface area (Å²) in [5.41, 5.74) is 1.45. The first-order valence-corrected chi connectivity index (χ1v) is 9.88. The predicted octanol–water partition coefficient (Wildman–Crippen LogP) is 0.601. The number of carbonyl (C=O) groups is 1. The number of carbonyl (C=O) groups excluding carboxylic acids is 1. The fraction of sp³-hybridized carbons (Fsp3) is 0.381. The van der Waals surface area contributed by atoms with Crippen molar-refractivity contribution in [2.24, 2.45) is 0 Å². The quantitative estimate of drug-likeness (QED) is 0.663. The molecule has 3 aromatic rings. The number of hydrogen-bond acceptors (Lipinski definition) is 5. The lowest BCUT2D eigenvalue weighted by molar-refractivity contribution is -0.122. The van der Waals surface area contributed by atoms with Crippen LogP contribution in [0.4, 0.5) is 0 Å². The van der Waals surface area contributed by atoms with E-state index in [1.54, 1.807) is 24.5 Å². The molecule has 2 aromatic heterocycles. The van der Waals surface area contributed by atoms with Crippen LogP contribution in [0.15, 0.2) is 59.7 Å². The Kier molecular flexibility index (Phi) is 5.73. The summed E-state index contributed by atoms with van der Waals surface area (Å²) < 4.78 is 2.68. The molecule has 0 aliphatic carbocycles. The third-order valence-corrected chi connectivity index (χ3v) is 5.40. The van der Waals surface area contributed by atoms with E-state index in [0.29, 0.717) is 5.52 Å². The lowest BCUT2D eigenvalue weighted by Crippen LogP contribution is -2.48. The lowest BCUT2D eigenvalue weighted by atomic mass is 10.1. The normalized spacial score (nSPS) is 16.7. The molecule has 4 rings (SSSR count). The summed E-state index contributed by atoms with van der Waals surface area (Å²) in [6.07, 6.45) is 3.27. The van der Waals surface area contributed by atoms with Crippen molar-refractivity contribution in [3.63, 3.8) is 0 Å². The van der Waals surface area contributed by atoms with E-state index in [1.165, 1.54) is 9.08 Å². The largest absolute Gasteiger partial charge is 0.349 e. The third-order valence-electron chi connectivity index (χ3n) is 5.40. The molecule has 1 atom stereocenters. The van der Waals surface area contributed by atoms with Crippen LogP contribution in [-0.4, -0.2) is 69.7 Å². The summed E-state index contributed by atoms with van der Waals surface area (Å²) in [6, 6.07) is 13.4. The molecule has 0 radical (unpaired) electrons. The third kappa shape index (κ3) is 4.55. The number of piperazine rings is 1. The molecule has 1 amide bonds. The highest BCUT2D eigenvalue weighted by molar-refractivity contribution is 5.76. The Morgan fingerprint density at radius 1 is 1.10 bits per heavy atom. The summed E-state index contributed by atoms with van der Waals surface area (Å²) in [6.45, 7) is 4.61. The minimum atomic E-state index is -0.321. The van der Waals surface area contributed by atoms with Gasteiger partial charge in [0.25, 0.3) is 0 Å². The number of rotatable bonds is 6. The van der Waals surface area contributed by atoms with Gasteiger partial charge < -0.3 is 10.2 Å². The molecule has 29 heavy (non-hydrogen) atoms. The van der Waals surface area contributed by atoms with Crippen LogP contribution in [0.3, 0.4) is 0 Å². The van der Waals surface area contributed by atoms with Crippen LogP contribution in [-0.2, 0) is 11.3 Å². The number of fused-ring (bicyclic) bond motifs is 1. The first-order chi connectivity index (χ1) is 14.1. The first-order valence-electron chi connectivity index (χ1n) is 9.88. The second-order valence-corrected chi connectivity index (χ2v) is 7.52. The summed E-state index contributed by atoms with van der Waals surface area (Å²) in [5, 5.41) is 7.24. The van der Waals surface area contributed by atoms with Gasteiger partial charge in [-0.25, -0.2) is 9.48 Å². The molecule has 1 saturated heterocycles. The van der Waals surface area contributed by atoms with Gasteiger partial charge in [-0.2, -0.15) is 5.10 Å². The number of nitrogens with zero attached hydrogens (tertiary/aromatic N) is 5. The van der Waals surface area contributed by atoms with E-state index in [9.17, 15) is 9.59 Å². The Balaban J connectivity index is 1.48. The second kappa shape index (κ2) is 8.59. The number of aromatic nitrogens is 3. The zero-order valence-electron chi connectivity index (χ0n) is 16.6. The topological polar surface area (TPSA) is 74.9 Å². The zero-order chi connectivity index (χ0) is 20.2. The van der Waals surface area contributed by atoms with E-state index >= 15 is 0 Å². The fourth-order valence-electron chi connectivity index (χ4n) is 3.67. The number of likely N-dealkylation sites (N-methyl/N-ethyl adjacent to an activating group) is 1. The molecule has 1 fully saturated rings. The predicted molar refractivity (Wildman–Crippen MR) is 111 cm³/mol. The van der Waals surface area contributed by atoms with Crippen LogP contribution in [0.2, 0.25) is 0 Å². The van der Waals surface area contributed by atoms with Crippen LogP contribution in [0.5, 0.6) is 0 Å². The summed E-state index contributed by atoms with van der Waals surface area (Å²) in [5.74, 6) is -0.228. The molecule has 1 aliphatic rings. The molecule has 8 heteroatoms. The smallest absolute Gasteiger partial charge is 0.346 e. The van der Waals surface area contributed by atoms with Crippen molar-refractivity contribution in [1.82, 2.24) is 29.3 Å². The van der Waals surface area contributed by atoms with Gasteiger partial charge in [-0.15, -0.1) is 0 Å². The van der Waals surface area contributed by atoms with Crippen molar-refractivity contribution in [3.05, 3.63) is 70.9 Å². The van der Waals surface area contributed by atoms with Gasteiger partial charge in [0.15, 0.2) is 0 Å². The van der Waals surface area contributed by atoms with Crippen LogP contribution < -0.4 is 11.0 Å². The Hall–Kier alpha value is -2.97. The Labute approximate surface area is 169 Å². The summed E-state index contributed by atoms with van der Waals surface area (Å²) in [4.78, 5) is 29.9. The molecule has 0 spiro atoms. The van der Waals surface area contributed by atoms with E-state index in [0.717, 1.165) is 38.3 Å². The van der Waals surface area contributed by atoms with Gasteiger partial charge in [-0.05, 0) is 24.7 Å². The van der Waals surface area contributed by atoms with Gasteiger partial charge in [0, 0.05) is 38.9 Å². The fourth-order valence-corrected chi connectivity index (χ4v) is 3.67. The summed E-state index contributed by atoms with van der Waals surface area (Å²) >= 11 is 0. The molecule has 152 valence electrons. The number of benzene rings is 1. The highest BCUT2D eigenvalue weighted by Crippen LogP contribution is 2.15. The van der Waals surface area contributed by atoms with Crippen molar-refractivity contribution in [2.75, 3.05) is 39.8 Å². The molecule has 1 unspecified atom stereocenters.